The van der Waals surface area contributed by atoms with Gasteiger partial charge in [0.15, 0.2) is 5.69 Å². The monoisotopic (exact) mass is 620 g/mol. The number of likely N-dealkylation sites (tertiary alicyclic amines) is 1. The molecule has 46 heavy (non-hydrogen) atoms. The number of nitrogens with one attached hydrogen (secondary N) is 1. The number of aryl methyl sites for hydroxylation is 1. The van der Waals surface area contributed by atoms with E-state index >= 15 is 0 Å². The Labute approximate surface area is 269 Å². The number of carbonyl (C=O) groups excluding carboxylic acids is 2. The number of anilines is 1. The van der Waals surface area contributed by atoms with Crippen LogP contribution in [-0.4, -0.2) is 94.7 Å². The van der Waals surface area contributed by atoms with Crippen LogP contribution in [0.4, 0.5) is 16.2 Å². The number of likely N-dealkylation sites (N-methyl/N-ethyl adjacent to an activating group) is 1. The van der Waals surface area contributed by atoms with Crippen LogP contribution in [0.15, 0.2) is 54.9 Å². The van der Waals surface area contributed by atoms with Crippen molar-refractivity contribution in [3.63, 3.8) is 0 Å². The summed E-state index contributed by atoms with van der Waals surface area (Å²) in [5.74, 6) is 0.259. The average Bonchev–Trinajstić information content (AvgIpc) is 3.69. The first-order valence-corrected chi connectivity index (χ1v) is 15.9. The number of hydrogen-bond acceptors (Lipinski definition) is 7. The van der Waals surface area contributed by atoms with Crippen molar-refractivity contribution >= 4 is 34.2 Å². The number of benzene rings is 1. The van der Waals surface area contributed by atoms with E-state index < -0.39 is 0 Å². The molecule has 3 aromatic heterocycles. The first-order valence-electron chi connectivity index (χ1n) is 15.9. The second kappa shape index (κ2) is 13.2. The number of fused-ring (bicyclic) bond motifs is 1. The summed E-state index contributed by atoms with van der Waals surface area (Å²) in [6, 6.07) is 13.2. The van der Waals surface area contributed by atoms with E-state index in [0.29, 0.717) is 54.7 Å². The summed E-state index contributed by atoms with van der Waals surface area (Å²) in [6.45, 7) is 17.3. The molecule has 1 aromatic carbocycles. The van der Waals surface area contributed by atoms with Crippen molar-refractivity contribution < 1.29 is 14.3 Å². The topological polar surface area (TPSA) is 100 Å². The van der Waals surface area contributed by atoms with Crippen LogP contribution >= 0.6 is 0 Å². The molecule has 1 N–H and O–H groups in total. The number of hydrogen-bond donors (Lipinski definition) is 1. The van der Waals surface area contributed by atoms with Gasteiger partial charge in [-0.3, -0.25) is 9.36 Å². The smallest absolute Gasteiger partial charge is 0.327 e. The molecule has 2 amide bonds. The Kier molecular flexibility index (Phi) is 8.90. The average molecular weight is 621 g/mol. The second-order valence-electron chi connectivity index (χ2n) is 12.1. The number of ether oxygens (including phenoxy) is 1. The number of nitrogens with zero attached hydrogens (tertiary/aromatic N) is 7. The third-order valence-electron chi connectivity index (χ3n) is 8.91. The Morgan fingerprint density at radius 1 is 1.11 bits per heavy atom. The molecule has 2 atom stereocenters. The van der Waals surface area contributed by atoms with Gasteiger partial charge in [0.2, 0.25) is 11.6 Å². The third-order valence-corrected chi connectivity index (χ3v) is 8.91. The van der Waals surface area contributed by atoms with Gasteiger partial charge >= 0.3 is 6.03 Å². The molecule has 2 fully saturated rings. The summed E-state index contributed by atoms with van der Waals surface area (Å²) in [7, 11) is 2.06. The van der Waals surface area contributed by atoms with Crippen LogP contribution in [0.2, 0.25) is 0 Å². The first kappa shape index (κ1) is 31.0. The Morgan fingerprint density at radius 3 is 2.70 bits per heavy atom. The van der Waals surface area contributed by atoms with E-state index in [1.54, 1.807) is 17.0 Å². The molecule has 238 valence electrons. The maximum Gasteiger partial charge on any atom is 0.327 e. The number of amides is 2. The zero-order valence-corrected chi connectivity index (χ0v) is 26.9. The van der Waals surface area contributed by atoms with E-state index in [2.05, 4.69) is 38.9 Å². The highest BCUT2D eigenvalue weighted by Crippen LogP contribution is 2.33. The minimum Gasteiger partial charge on any atom is -0.477 e. The number of rotatable bonds is 7. The van der Waals surface area contributed by atoms with Gasteiger partial charge in [0.1, 0.15) is 0 Å². The largest absolute Gasteiger partial charge is 0.477 e. The SMILES string of the molecule is [C-]#[N+]c1cc(C)cc2ccn(C(=O)N3CCN(c4ccc(-c5cccnc5OCC)nc4C(=O)N[C@@H]4CCN(C)C4)[C@H](CC)C3)c12. The van der Waals surface area contributed by atoms with Gasteiger partial charge in [0.05, 0.1) is 35.6 Å². The molecule has 0 bridgehead atoms. The highest BCUT2D eigenvalue weighted by Gasteiger charge is 2.33. The van der Waals surface area contributed by atoms with E-state index in [0.717, 1.165) is 48.1 Å². The fourth-order valence-corrected chi connectivity index (χ4v) is 6.64. The third kappa shape index (κ3) is 6.00. The van der Waals surface area contributed by atoms with Gasteiger partial charge in [0, 0.05) is 50.7 Å². The molecule has 11 nitrogen and oxygen atoms in total. The summed E-state index contributed by atoms with van der Waals surface area (Å²) < 4.78 is 7.38. The molecule has 2 aliphatic rings. The van der Waals surface area contributed by atoms with Crippen molar-refractivity contribution in [2.24, 2.45) is 0 Å². The van der Waals surface area contributed by atoms with Gasteiger partial charge in [0.25, 0.3) is 5.91 Å². The number of pyridine rings is 2. The van der Waals surface area contributed by atoms with E-state index in [1.165, 1.54) is 0 Å². The summed E-state index contributed by atoms with van der Waals surface area (Å²) in [4.78, 5) is 47.1. The molecule has 0 unspecified atom stereocenters. The zero-order chi connectivity index (χ0) is 32.4. The van der Waals surface area contributed by atoms with Crippen molar-refractivity contribution in [1.29, 1.82) is 0 Å². The minimum absolute atomic E-state index is 0.0451. The fraction of sp³-hybridized carbons (Fsp3) is 0.400. The maximum absolute atomic E-state index is 13.9. The predicted molar refractivity (Wildman–Crippen MR) is 179 cm³/mol. The van der Waals surface area contributed by atoms with E-state index in [-0.39, 0.29) is 24.0 Å². The van der Waals surface area contributed by atoms with Gasteiger partial charge in [-0.2, -0.15) is 0 Å². The maximum atomic E-state index is 13.9. The van der Waals surface area contributed by atoms with Crippen molar-refractivity contribution in [3.05, 3.63) is 77.5 Å². The first-order chi connectivity index (χ1) is 22.3. The van der Waals surface area contributed by atoms with Crippen LogP contribution in [0, 0.1) is 13.5 Å². The molecular formula is C35H40N8O3. The van der Waals surface area contributed by atoms with Crippen LogP contribution in [0.25, 0.3) is 27.0 Å². The molecule has 0 saturated carbocycles. The summed E-state index contributed by atoms with van der Waals surface area (Å²) in [6.07, 6.45) is 5.08. The lowest BCUT2D eigenvalue weighted by Gasteiger charge is -2.43. The quantitative estimate of drug-likeness (QED) is 0.278. The highest BCUT2D eigenvalue weighted by atomic mass is 16.5. The Hall–Kier alpha value is -4.95. The Bertz CT molecular complexity index is 1810. The van der Waals surface area contributed by atoms with E-state index in [1.807, 2.05) is 61.2 Å². The van der Waals surface area contributed by atoms with Gasteiger partial charge in [-0.15, -0.1) is 0 Å². The summed E-state index contributed by atoms with van der Waals surface area (Å²) in [5, 5.41) is 4.10. The van der Waals surface area contributed by atoms with Crippen LogP contribution < -0.4 is 15.0 Å². The standard InChI is InChI=1S/C35H40N8O3/c1-6-26-22-41(35(45)43-16-12-24-19-23(3)20-29(36-4)32(24)43)17-18-42(26)30-11-10-28(27-9-8-14-37-34(27)46-7-2)39-31(30)33(44)38-25-13-15-40(5)21-25/h8-12,14,16,19-20,25-26H,6-7,13,15,17-18,21-22H2,1-3,5H3,(H,38,44)/t25-,26-/m1/s1. The van der Waals surface area contributed by atoms with Gasteiger partial charge < -0.3 is 24.8 Å². The highest BCUT2D eigenvalue weighted by molar-refractivity contribution is 6.00. The predicted octanol–water partition coefficient (Wildman–Crippen LogP) is 5.36. The number of piperazine rings is 1. The van der Waals surface area contributed by atoms with Gasteiger partial charge in [-0.05, 0) is 76.0 Å². The van der Waals surface area contributed by atoms with Crippen LogP contribution in [-0.2, 0) is 0 Å². The number of carbonyl (C=O) groups is 2. The Balaban J connectivity index is 1.31. The van der Waals surface area contributed by atoms with Crippen LogP contribution in [0.3, 0.4) is 0 Å². The van der Waals surface area contributed by atoms with Crippen molar-refractivity contribution in [2.75, 3.05) is 51.3 Å². The van der Waals surface area contributed by atoms with Crippen molar-refractivity contribution in [2.45, 2.75) is 45.7 Å². The fourth-order valence-electron chi connectivity index (χ4n) is 6.64. The van der Waals surface area contributed by atoms with Crippen LogP contribution in [0.1, 0.15) is 42.7 Å². The normalized spacial score (nSPS) is 18.5. The molecule has 2 aliphatic heterocycles. The molecule has 11 heteroatoms. The molecule has 0 spiro atoms. The molecule has 5 heterocycles. The molecule has 6 rings (SSSR count). The summed E-state index contributed by atoms with van der Waals surface area (Å²) >= 11 is 0. The lowest BCUT2D eigenvalue weighted by molar-refractivity contribution is 0.0933. The Morgan fingerprint density at radius 2 is 1.96 bits per heavy atom. The molecular weight excluding hydrogens is 580 g/mol. The van der Waals surface area contributed by atoms with Gasteiger partial charge in [-0.1, -0.05) is 24.6 Å². The van der Waals surface area contributed by atoms with Crippen LogP contribution in [0.5, 0.6) is 5.88 Å². The molecule has 2 saturated heterocycles. The number of aromatic nitrogens is 3. The van der Waals surface area contributed by atoms with Crippen molar-refractivity contribution in [1.82, 2.24) is 29.7 Å². The second-order valence-corrected chi connectivity index (χ2v) is 12.1. The molecule has 0 radical (unpaired) electrons. The minimum atomic E-state index is -0.215. The summed E-state index contributed by atoms with van der Waals surface area (Å²) in [5.41, 5.74) is 4.52. The van der Waals surface area contributed by atoms with E-state index in [4.69, 9.17) is 16.3 Å². The van der Waals surface area contributed by atoms with Crippen molar-refractivity contribution in [3.8, 4) is 17.1 Å². The zero-order valence-electron chi connectivity index (χ0n) is 26.9. The lowest BCUT2D eigenvalue weighted by atomic mass is 10.1. The lowest BCUT2D eigenvalue weighted by Crippen LogP contribution is -2.56. The molecule has 0 aliphatic carbocycles. The molecule has 4 aromatic rings. The van der Waals surface area contributed by atoms with E-state index in [9.17, 15) is 9.59 Å². The van der Waals surface area contributed by atoms with Gasteiger partial charge in [-0.25, -0.2) is 19.6 Å².